The van der Waals surface area contributed by atoms with Gasteiger partial charge in [0, 0.05) is 29.9 Å². The third-order valence-electron chi connectivity index (χ3n) is 6.43. The molecule has 3 aliphatic heterocycles. The molecular weight excluding hydrogens is 446 g/mol. The highest BCUT2D eigenvalue weighted by Crippen LogP contribution is 2.43. The number of benzene rings is 2. The summed E-state index contributed by atoms with van der Waals surface area (Å²) in [6, 6.07) is 13.1. The molecule has 0 bridgehead atoms. The lowest BCUT2D eigenvalue weighted by Crippen LogP contribution is -2.66. The second kappa shape index (κ2) is 7.26. The fraction of sp³-hybridized carbons (Fsp3) is 0.250. The predicted octanol–water partition coefficient (Wildman–Crippen LogP) is 4.22. The van der Waals surface area contributed by atoms with Crippen molar-refractivity contribution in [2.45, 2.75) is 0 Å². The van der Waals surface area contributed by atoms with Crippen LogP contribution >= 0.6 is 11.6 Å². The molecule has 6 rings (SSSR count). The van der Waals surface area contributed by atoms with Gasteiger partial charge in [-0.25, -0.2) is 0 Å². The largest absolute Gasteiger partial charge is 0.504 e. The van der Waals surface area contributed by atoms with Gasteiger partial charge in [0.15, 0.2) is 5.76 Å². The lowest BCUT2D eigenvalue weighted by atomic mass is 9.78. The number of amides is 1. The molecule has 2 N–H and O–H groups in total. The number of methoxy groups -OCH3 is 1. The predicted molar refractivity (Wildman–Crippen MR) is 123 cm³/mol. The summed E-state index contributed by atoms with van der Waals surface area (Å²) in [6.45, 7) is 3.73. The van der Waals surface area contributed by atoms with Crippen molar-refractivity contribution in [3.8, 4) is 17.0 Å². The number of aromatic nitrogens is 1. The number of nitrogens with one attached hydrogen (secondary N) is 1. The number of carbonyl (C=O) groups is 1. The third-order valence-corrected chi connectivity index (χ3v) is 6.74. The van der Waals surface area contributed by atoms with Crippen molar-refractivity contribution < 1.29 is 23.9 Å². The molecule has 4 heterocycles. The van der Waals surface area contributed by atoms with Crippen LogP contribution in [0.2, 0.25) is 5.02 Å². The number of carbonyl (C=O) groups excluding carboxylic acids is 1. The number of anilines is 2. The summed E-state index contributed by atoms with van der Waals surface area (Å²) in [5.74, 6) is -0.536. The summed E-state index contributed by atoms with van der Waals surface area (Å²) in [6.07, 6.45) is 0. The van der Waals surface area contributed by atoms with Crippen LogP contribution in [0.1, 0.15) is 11.3 Å². The Morgan fingerprint density at radius 3 is 2.58 bits per heavy atom. The smallest absolute Gasteiger partial charge is 0.260 e. The van der Waals surface area contributed by atoms with Crippen molar-refractivity contribution in [1.29, 1.82) is 0 Å². The van der Waals surface area contributed by atoms with E-state index in [0.29, 0.717) is 21.7 Å². The van der Waals surface area contributed by atoms with E-state index in [1.807, 2.05) is 12.1 Å². The van der Waals surface area contributed by atoms with Crippen molar-refractivity contribution in [2.75, 3.05) is 43.6 Å². The number of fused-ring (bicyclic) bond motifs is 1. The summed E-state index contributed by atoms with van der Waals surface area (Å²) >= 11 is 6.56. The zero-order chi connectivity index (χ0) is 22.7. The first-order valence-corrected chi connectivity index (χ1v) is 10.9. The van der Waals surface area contributed by atoms with Gasteiger partial charge >= 0.3 is 0 Å². The molecule has 1 aromatic heterocycles. The number of nitrogens with zero attached hydrogens (tertiary/aromatic N) is 2. The maximum Gasteiger partial charge on any atom is 0.260 e. The van der Waals surface area contributed by atoms with Crippen LogP contribution < -0.4 is 15.0 Å². The number of aliphatic hydroxyl groups is 1. The van der Waals surface area contributed by atoms with Crippen molar-refractivity contribution >= 4 is 40.2 Å². The number of aliphatic hydroxyl groups excluding tert-OH is 1. The van der Waals surface area contributed by atoms with Crippen LogP contribution in [0.15, 0.2) is 47.0 Å². The fourth-order valence-corrected chi connectivity index (χ4v) is 4.88. The summed E-state index contributed by atoms with van der Waals surface area (Å²) in [5, 5.41) is 17.7. The van der Waals surface area contributed by atoms with E-state index in [1.54, 1.807) is 12.1 Å². The van der Waals surface area contributed by atoms with E-state index in [0.717, 1.165) is 43.1 Å². The molecule has 3 aliphatic rings. The van der Waals surface area contributed by atoms with Gasteiger partial charge < -0.3 is 29.3 Å². The van der Waals surface area contributed by atoms with Gasteiger partial charge in [-0.05, 0) is 35.0 Å². The van der Waals surface area contributed by atoms with Gasteiger partial charge in [-0.2, -0.15) is 0 Å². The highest BCUT2D eigenvalue weighted by Gasteiger charge is 2.49. The highest BCUT2D eigenvalue weighted by molar-refractivity contribution is 6.38. The van der Waals surface area contributed by atoms with Gasteiger partial charge in [0.2, 0.25) is 5.76 Å². The number of ether oxygens (including phenoxy) is 2. The van der Waals surface area contributed by atoms with Gasteiger partial charge in [0.05, 0.1) is 48.1 Å². The number of rotatable bonds is 4. The average Bonchev–Trinajstić information content (AvgIpc) is 3.35. The quantitative estimate of drug-likeness (QED) is 0.440. The molecule has 3 aromatic rings. The Balaban J connectivity index is 1.33. The maximum absolute atomic E-state index is 12.6. The molecule has 2 aromatic carbocycles. The molecule has 0 atom stereocenters. The molecule has 1 amide bonds. The van der Waals surface area contributed by atoms with E-state index < -0.39 is 5.91 Å². The molecule has 2 saturated heterocycles. The molecular formula is C24H20ClN3O5. The SMILES string of the molecule is COc1cc(/C(O)=C2\C(=O)Nc3cc(Cl)c(-c4ccc(N5CC6(COC6)C5)cc4)cc32)on1. The Hall–Kier alpha value is -3.49. The van der Waals surface area contributed by atoms with Crippen LogP contribution in [0.4, 0.5) is 11.4 Å². The highest BCUT2D eigenvalue weighted by atomic mass is 35.5. The first kappa shape index (κ1) is 20.1. The minimum absolute atomic E-state index is 0.0369. The monoisotopic (exact) mass is 465 g/mol. The fourth-order valence-electron chi connectivity index (χ4n) is 4.61. The normalized spacial score (nSPS) is 19.6. The molecule has 1 spiro atoms. The molecule has 0 unspecified atom stereocenters. The summed E-state index contributed by atoms with van der Waals surface area (Å²) in [7, 11) is 1.44. The van der Waals surface area contributed by atoms with Gasteiger partial charge in [0.1, 0.15) is 0 Å². The molecule has 8 nitrogen and oxygen atoms in total. The molecule has 0 aliphatic carbocycles. The van der Waals surface area contributed by atoms with Gasteiger partial charge in [-0.15, -0.1) is 0 Å². The standard InChI is InChI=1S/C24H20ClN3O5/c1-31-20-8-19(33-27-20)22(29)21-16-6-15(17(25)7-18(16)26-23(21)30)13-2-4-14(5-3-13)28-9-24(10-28)11-32-12-24/h2-8,29H,9-12H2,1H3,(H,26,30)/b22-21+. The molecule has 9 heteroatoms. The molecule has 33 heavy (non-hydrogen) atoms. The minimum Gasteiger partial charge on any atom is -0.504 e. The summed E-state index contributed by atoms with van der Waals surface area (Å²) in [4.78, 5) is 15.0. The average molecular weight is 466 g/mol. The molecule has 0 radical (unpaired) electrons. The van der Waals surface area contributed by atoms with Crippen molar-refractivity contribution in [3.05, 3.63) is 58.8 Å². The Bertz CT molecular complexity index is 1300. The van der Waals surface area contributed by atoms with E-state index in [1.165, 1.54) is 13.2 Å². The van der Waals surface area contributed by atoms with Crippen LogP contribution in [-0.4, -0.2) is 49.6 Å². The maximum atomic E-state index is 12.6. The minimum atomic E-state index is -0.451. The third kappa shape index (κ3) is 3.17. The number of hydrogen-bond acceptors (Lipinski definition) is 7. The first-order chi connectivity index (χ1) is 16.0. The summed E-state index contributed by atoms with van der Waals surface area (Å²) in [5.41, 5.74) is 4.31. The summed E-state index contributed by atoms with van der Waals surface area (Å²) < 4.78 is 15.5. The van der Waals surface area contributed by atoms with E-state index in [9.17, 15) is 9.90 Å². The Morgan fingerprint density at radius 1 is 1.18 bits per heavy atom. The topological polar surface area (TPSA) is 97.1 Å². The van der Waals surface area contributed by atoms with Crippen molar-refractivity contribution in [3.63, 3.8) is 0 Å². The van der Waals surface area contributed by atoms with E-state index in [-0.39, 0.29) is 23.0 Å². The first-order valence-electron chi connectivity index (χ1n) is 10.5. The van der Waals surface area contributed by atoms with Crippen molar-refractivity contribution in [2.24, 2.45) is 5.41 Å². The van der Waals surface area contributed by atoms with Crippen LogP contribution in [0.25, 0.3) is 22.5 Å². The van der Waals surface area contributed by atoms with E-state index in [4.69, 9.17) is 25.6 Å². The lowest BCUT2D eigenvalue weighted by molar-refractivity contribution is -0.127. The van der Waals surface area contributed by atoms with Gasteiger partial charge in [-0.1, -0.05) is 23.7 Å². The van der Waals surface area contributed by atoms with E-state index in [2.05, 4.69) is 27.5 Å². The zero-order valence-corrected chi connectivity index (χ0v) is 18.5. The van der Waals surface area contributed by atoms with Crippen LogP contribution in [-0.2, 0) is 9.53 Å². The molecule has 0 saturated carbocycles. The van der Waals surface area contributed by atoms with Gasteiger partial charge in [0.25, 0.3) is 11.8 Å². The Labute approximate surface area is 194 Å². The second-order valence-corrected chi connectivity index (χ2v) is 9.09. The van der Waals surface area contributed by atoms with Crippen LogP contribution in [0, 0.1) is 5.41 Å². The Kier molecular flexibility index (Phi) is 4.43. The lowest BCUT2D eigenvalue weighted by Gasteiger charge is -2.56. The number of hydrogen-bond donors (Lipinski definition) is 2. The Morgan fingerprint density at radius 2 is 1.94 bits per heavy atom. The molecule has 168 valence electrons. The molecule has 2 fully saturated rings. The number of halogens is 1. The van der Waals surface area contributed by atoms with Gasteiger partial charge in [-0.3, -0.25) is 4.79 Å². The van der Waals surface area contributed by atoms with Crippen molar-refractivity contribution in [1.82, 2.24) is 5.16 Å². The zero-order valence-electron chi connectivity index (χ0n) is 17.7. The van der Waals surface area contributed by atoms with Crippen LogP contribution in [0.5, 0.6) is 5.88 Å². The van der Waals surface area contributed by atoms with E-state index >= 15 is 0 Å². The second-order valence-electron chi connectivity index (χ2n) is 8.68. The van der Waals surface area contributed by atoms with Crippen LogP contribution in [0.3, 0.4) is 0 Å².